The third-order valence-corrected chi connectivity index (χ3v) is 5.29. The Morgan fingerprint density at radius 3 is 2.37 bits per heavy atom. The number of amides is 1. The standard InChI is InChI=1S/C20H39N5O2/c1-5-21-18(22-15-17(26)24-19(2,3)4)23-16-20(9-7-6-8-10-20)25-11-13-27-14-12-25/h5-16H2,1-4H3,(H,24,26)(H2,21,22,23). The van der Waals surface area contributed by atoms with Gasteiger partial charge in [0, 0.05) is 37.3 Å². The van der Waals surface area contributed by atoms with E-state index in [2.05, 4.69) is 25.8 Å². The second-order valence-corrected chi connectivity index (χ2v) is 8.73. The van der Waals surface area contributed by atoms with Gasteiger partial charge in [-0.1, -0.05) is 19.3 Å². The minimum absolute atomic E-state index is 0.0553. The molecule has 1 aliphatic heterocycles. The molecule has 7 nitrogen and oxygen atoms in total. The first kappa shape index (κ1) is 22.0. The molecule has 156 valence electrons. The number of morpholine rings is 1. The molecule has 7 heteroatoms. The molecule has 1 saturated carbocycles. The summed E-state index contributed by atoms with van der Waals surface area (Å²) in [6.07, 6.45) is 6.31. The van der Waals surface area contributed by atoms with E-state index in [1.54, 1.807) is 0 Å². The Morgan fingerprint density at radius 1 is 1.11 bits per heavy atom. The number of hydrogen-bond donors (Lipinski definition) is 3. The zero-order chi connectivity index (χ0) is 19.8. The summed E-state index contributed by atoms with van der Waals surface area (Å²) < 4.78 is 5.56. The molecule has 27 heavy (non-hydrogen) atoms. The average Bonchev–Trinajstić information content (AvgIpc) is 2.64. The summed E-state index contributed by atoms with van der Waals surface area (Å²) in [4.78, 5) is 19.2. The van der Waals surface area contributed by atoms with Gasteiger partial charge in [0.05, 0.1) is 13.2 Å². The molecule has 0 aromatic rings. The van der Waals surface area contributed by atoms with Gasteiger partial charge in [-0.2, -0.15) is 0 Å². The Bertz CT molecular complexity index is 489. The SMILES string of the molecule is CCNC(=NCC(=O)NC(C)(C)C)NCC1(N2CCOCC2)CCCCC1. The molecule has 2 rings (SSSR count). The third-order valence-electron chi connectivity index (χ3n) is 5.29. The first-order valence-corrected chi connectivity index (χ1v) is 10.5. The number of nitrogens with one attached hydrogen (secondary N) is 3. The number of aliphatic imine (C=N–C) groups is 1. The summed E-state index contributed by atoms with van der Waals surface area (Å²) in [5.41, 5.74) is -0.0627. The number of carbonyl (C=O) groups excluding carboxylic acids is 1. The van der Waals surface area contributed by atoms with Crippen molar-refractivity contribution in [1.82, 2.24) is 20.9 Å². The summed E-state index contributed by atoms with van der Waals surface area (Å²) in [6, 6.07) is 0. The van der Waals surface area contributed by atoms with E-state index in [0.29, 0.717) is 0 Å². The fourth-order valence-electron chi connectivity index (χ4n) is 4.05. The van der Waals surface area contributed by atoms with Gasteiger partial charge in [-0.05, 0) is 40.5 Å². The van der Waals surface area contributed by atoms with Crippen LogP contribution in [0.1, 0.15) is 59.8 Å². The van der Waals surface area contributed by atoms with Gasteiger partial charge in [0.15, 0.2) is 5.96 Å². The highest BCUT2D eigenvalue weighted by Gasteiger charge is 2.38. The van der Waals surface area contributed by atoms with E-state index in [0.717, 1.165) is 45.4 Å². The predicted molar refractivity (Wildman–Crippen MR) is 110 cm³/mol. The maximum Gasteiger partial charge on any atom is 0.242 e. The molecule has 1 saturated heterocycles. The fraction of sp³-hybridized carbons (Fsp3) is 0.900. The lowest BCUT2D eigenvalue weighted by Crippen LogP contribution is -2.60. The van der Waals surface area contributed by atoms with Gasteiger partial charge in [-0.15, -0.1) is 0 Å². The van der Waals surface area contributed by atoms with E-state index >= 15 is 0 Å². The van der Waals surface area contributed by atoms with Gasteiger partial charge < -0.3 is 20.7 Å². The van der Waals surface area contributed by atoms with Crippen LogP contribution in [0.25, 0.3) is 0 Å². The summed E-state index contributed by atoms with van der Waals surface area (Å²) in [5.74, 6) is 0.667. The summed E-state index contributed by atoms with van der Waals surface area (Å²) in [7, 11) is 0. The molecule has 1 aliphatic carbocycles. The molecule has 0 bridgehead atoms. The van der Waals surface area contributed by atoms with Crippen LogP contribution in [0.4, 0.5) is 0 Å². The van der Waals surface area contributed by atoms with Crippen molar-refractivity contribution in [2.75, 3.05) is 45.9 Å². The van der Waals surface area contributed by atoms with Gasteiger partial charge in [0.25, 0.3) is 0 Å². The Morgan fingerprint density at radius 2 is 1.78 bits per heavy atom. The van der Waals surface area contributed by atoms with Gasteiger partial charge in [-0.3, -0.25) is 9.69 Å². The van der Waals surface area contributed by atoms with E-state index in [9.17, 15) is 4.79 Å². The van der Waals surface area contributed by atoms with E-state index in [4.69, 9.17) is 4.74 Å². The minimum Gasteiger partial charge on any atom is -0.379 e. The molecule has 2 fully saturated rings. The molecule has 3 N–H and O–H groups in total. The van der Waals surface area contributed by atoms with Crippen molar-refractivity contribution in [2.24, 2.45) is 4.99 Å². The molecule has 1 heterocycles. The van der Waals surface area contributed by atoms with Crippen molar-refractivity contribution in [3.05, 3.63) is 0 Å². The molecule has 1 amide bonds. The predicted octanol–water partition coefficient (Wildman–Crippen LogP) is 1.49. The molecule has 0 spiro atoms. The van der Waals surface area contributed by atoms with Crippen LogP contribution in [0.3, 0.4) is 0 Å². The molecule has 0 aromatic heterocycles. The summed E-state index contributed by atoms with van der Waals surface area (Å²) >= 11 is 0. The van der Waals surface area contributed by atoms with Gasteiger partial charge in [0.1, 0.15) is 6.54 Å². The maximum absolute atomic E-state index is 12.1. The molecular formula is C20H39N5O2. The third kappa shape index (κ3) is 7.30. The van der Waals surface area contributed by atoms with Crippen LogP contribution in [0.15, 0.2) is 4.99 Å². The Hall–Kier alpha value is -1.34. The van der Waals surface area contributed by atoms with Gasteiger partial charge >= 0.3 is 0 Å². The first-order valence-electron chi connectivity index (χ1n) is 10.5. The van der Waals surface area contributed by atoms with Crippen molar-refractivity contribution < 1.29 is 9.53 Å². The van der Waals surface area contributed by atoms with Gasteiger partial charge in [-0.25, -0.2) is 4.99 Å². The van der Waals surface area contributed by atoms with Crippen LogP contribution in [0.5, 0.6) is 0 Å². The smallest absolute Gasteiger partial charge is 0.242 e. The topological polar surface area (TPSA) is 78.0 Å². The minimum atomic E-state index is -0.235. The Labute approximate surface area is 164 Å². The number of rotatable bonds is 6. The van der Waals surface area contributed by atoms with Crippen LogP contribution in [-0.4, -0.2) is 73.8 Å². The van der Waals surface area contributed by atoms with Crippen molar-refractivity contribution in [3.63, 3.8) is 0 Å². The first-order chi connectivity index (χ1) is 12.8. The number of guanidine groups is 1. The summed E-state index contributed by atoms with van der Waals surface area (Å²) in [6.45, 7) is 13.4. The van der Waals surface area contributed by atoms with E-state index < -0.39 is 0 Å². The second-order valence-electron chi connectivity index (χ2n) is 8.73. The quantitative estimate of drug-likeness (QED) is 0.480. The normalized spacial score (nSPS) is 21.6. The van der Waals surface area contributed by atoms with Crippen LogP contribution in [0, 0.1) is 0 Å². The number of ether oxygens (including phenoxy) is 1. The fourth-order valence-corrected chi connectivity index (χ4v) is 4.05. The van der Waals surface area contributed by atoms with E-state index in [-0.39, 0.29) is 23.5 Å². The van der Waals surface area contributed by atoms with Crippen molar-refractivity contribution in [3.8, 4) is 0 Å². The molecular weight excluding hydrogens is 342 g/mol. The monoisotopic (exact) mass is 381 g/mol. The second kappa shape index (κ2) is 10.3. The zero-order valence-electron chi connectivity index (χ0n) is 17.7. The lowest BCUT2D eigenvalue weighted by molar-refractivity contribution is -0.121. The van der Waals surface area contributed by atoms with Crippen LogP contribution in [0.2, 0.25) is 0 Å². The van der Waals surface area contributed by atoms with E-state index in [1.165, 1.54) is 32.1 Å². The van der Waals surface area contributed by atoms with Crippen molar-refractivity contribution >= 4 is 11.9 Å². The molecule has 0 aromatic carbocycles. The lowest BCUT2D eigenvalue weighted by Gasteiger charge is -2.48. The lowest BCUT2D eigenvalue weighted by atomic mass is 9.80. The van der Waals surface area contributed by atoms with Gasteiger partial charge in [0.2, 0.25) is 5.91 Å². The number of hydrogen-bond acceptors (Lipinski definition) is 4. The highest BCUT2D eigenvalue weighted by atomic mass is 16.5. The highest BCUT2D eigenvalue weighted by Crippen LogP contribution is 2.33. The van der Waals surface area contributed by atoms with Crippen LogP contribution in [-0.2, 0) is 9.53 Å². The Balaban J connectivity index is 1.98. The molecule has 0 unspecified atom stereocenters. The molecule has 2 aliphatic rings. The Kier molecular flexibility index (Phi) is 8.35. The van der Waals surface area contributed by atoms with E-state index in [1.807, 2.05) is 27.7 Å². The largest absolute Gasteiger partial charge is 0.379 e. The highest BCUT2D eigenvalue weighted by molar-refractivity contribution is 5.85. The summed E-state index contributed by atoms with van der Waals surface area (Å²) in [5, 5.41) is 9.76. The number of nitrogens with zero attached hydrogens (tertiary/aromatic N) is 2. The average molecular weight is 382 g/mol. The zero-order valence-corrected chi connectivity index (χ0v) is 17.7. The molecule has 0 radical (unpaired) electrons. The maximum atomic E-state index is 12.1. The molecule has 0 atom stereocenters. The van der Waals surface area contributed by atoms with Crippen molar-refractivity contribution in [2.45, 2.75) is 70.9 Å². The number of carbonyl (C=O) groups is 1. The van der Waals surface area contributed by atoms with Crippen LogP contribution >= 0.6 is 0 Å². The van der Waals surface area contributed by atoms with Crippen molar-refractivity contribution in [1.29, 1.82) is 0 Å². The van der Waals surface area contributed by atoms with Crippen LogP contribution < -0.4 is 16.0 Å².